The minimum Gasteiger partial charge on any atom is -0.433 e. The molecule has 0 spiro atoms. The van der Waals surface area contributed by atoms with Gasteiger partial charge < -0.3 is 30.3 Å². The summed E-state index contributed by atoms with van der Waals surface area (Å²) in [6.07, 6.45) is 3.28. The third-order valence-corrected chi connectivity index (χ3v) is 7.41. The standard InChI is InChI=1S/C24H27ClF2N4O5S/c25-20-7-6-19(37-20)23(34)29-12-16(28-11-14-2-1-3-14)22(33)30-15-4-5-17(18(10-15)36-24(26)27)31-8-9-35-13-21(31)32/h4-7,10,14,16,24,28H,1-3,8-9,11-13H2,(H,29,34)(H,30,33)/t16-/m0/s1. The second-order valence-electron chi connectivity index (χ2n) is 8.72. The molecule has 2 aromatic rings. The molecule has 1 aliphatic carbocycles. The van der Waals surface area contributed by atoms with Crippen LogP contribution < -0.4 is 25.6 Å². The summed E-state index contributed by atoms with van der Waals surface area (Å²) in [5.74, 6) is -0.983. The van der Waals surface area contributed by atoms with Gasteiger partial charge in [-0.1, -0.05) is 18.0 Å². The Morgan fingerprint density at radius 3 is 2.70 bits per heavy atom. The zero-order valence-electron chi connectivity index (χ0n) is 19.8. The predicted octanol–water partition coefficient (Wildman–Crippen LogP) is 3.49. The van der Waals surface area contributed by atoms with E-state index in [9.17, 15) is 23.2 Å². The number of nitrogens with zero attached hydrogens (tertiary/aromatic N) is 1. The number of halogens is 3. The molecule has 2 fully saturated rings. The van der Waals surface area contributed by atoms with E-state index in [0.717, 1.165) is 30.6 Å². The monoisotopic (exact) mass is 556 g/mol. The van der Waals surface area contributed by atoms with Crippen molar-refractivity contribution in [1.82, 2.24) is 10.6 Å². The van der Waals surface area contributed by atoms with Crippen molar-refractivity contribution in [2.45, 2.75) is 31.9 Å². The fraction of sp³-hybridized carbons (Fsp3) is 0.458. The van der Waals surface area contributed by atoms with Crippen LogP contribution in [0.4, 0.5) is 20.2 Å². The molecule has 1 aliphatic heterocycles. The fourth-order valence-corrected chi connectivity index (χ4v) is 4.95. The summed E-state index contributed by atoms with van der Waals surface area (Å²) in [6.45, 7) is -2.23. The second kappa shape index (κ2) is 12.6. The van der Waals surface area contributed by atoms with Crippen molar-refractivity contribution < 1.29 is 32.6 Å². The van der Waals surface area contributed by atoms with Crippen LogP contribution in [0, 0.1) is 5.92 Å². The molecule has 1 aromatic heterocycles. The summed E-state index contributed by atoms with van der Waals surface area (Å²) in [6, 6.07) is 6.63. The first kappa shape index (κ1) is 27.2. The molecule has 1 saturated heterocycles. The van der Waals surface area contributed by atoms with Crippen LogP contribution in [0.3, 0.4) is 0 Å². The first-order chi connectivity index (χ1) is 17.8. The Morgan fingerprint density at radius 1 is 1.24 bits per heavy atom. The number of alkyl halides is 2. The Morgan fingerprint density at radius 2 is 2.05 bits per heavy atom. The third kappa shape index (κ3) is 7.37. The number of anilines is 2. The first-order valence-corrected chi connectivity index (χ1v) is 13.0. The highest BCUT2D eigenvalue weighted by Gasteiger charge is 2.27. The number of thiophene rings is 1. The molecule has 0 bridgehead atoms. The summed E-state index contributed by atoms with van der Waals surface area (Å²) in [4.78, 5) is 39.5. The zero-order valence-corrected chi connectivity index (χ0v) is 21.4. The number of carbonyl (C=O) groups excluding carboxylic acids is 3. The molecule has 9 nitrogen and oxygen atoms in total. The smallest absolute Gasteiger partial charge is 0.387 e. The molecule has 13 heteroatoms. The van der Waals surface area contributed by atoms with Gasteiger partial charge in [0.05, 0.1) is 21.5 Å². The maximum absolute atomic E-state index is 13.1. The van der Waals surface area contributed by atoms with Gasteiger partial charge in [0.1, 0.15) is 12.6 Å². The fourth-order valence-electron chi connectivity index (χ4n) is 3.99. The Bertz CT molecular complexity index is 1130. The molecular weight excluding hydrogens is 530 g/mol. The lowest BCUT2D eigenvalue weighted by Gasteiger charge is -2.29. The van der Waals surface area contributed by atoms with Gasteiger partial charge in [-0.15, -0.1) is 11.3 Å². The molecule has 200 valence electrons. The third-order valence-electron chi connectivity index (χ3n) is 6.18. The van der Waals surface area contributed by atoms with E-state index in [-0.39, 0.29) is 55.2 Å². The summed E-state index contributed by atoms with van der Waals surface area (Å²) in [5.41, 5.74) is 0.366. The van der Waals surface area contributed by atoms with Crippen molar-refractivity contribution in [2.75, 3.05) is 43.1 Å². The van der Waals surface area contributed by atoms with Crippen molar-refractivity contribution in [1.29, 1.82) is 0 Å². The highest BCUT2D eigenvalue weighted by Crippen LogP contribution is 2.34. The van der Waals surface area contributed by atoms with Crippen molar-refractivity contribution in [3.8, 4) is 5.75 Å². The quantitative estimate of drug-likeness (QED) is 0.391. The maximum atomic E-state index is 13.1. The molecule has 0 radical (unpaired) electrons. The lowest BCUT2D eigenvalue weighted by atomic mass is 9.85. The van der Waals surface area contributed by atoms with Crippen molar-refractivity contribution in [2.24, 2.45) is 5.92 Å². The highest BCUT2D eigenvalue weighted by molar-refractivity contribution is 7.18. The molecule has 1 aromatic carbocycles. The highest BCUT2D eigenvalue weighted by atomic mass is 35.5. The van der Waals surface area contributed by atoms with Gasteiger partial charge in [-0.25, -0.2) is 0 Å². The Labute approximate surface area is 221 Å². The van der Waals surface area contributed by atoms with Crippen molar-refractivity contribution >= 4 is 52.0 Å². The topological polar surface area (TPSA) is 109 Å². The van der Waals surface area contributed by atoms with Crippen LogP contribution in [-0.2, 0) is 14.3 Å². The molecule has 0 unspecified atom stereocenters. The van der Waals surface area contributed by atoms with Crippen LogP contribution in [0.1, 0.15) is 28.9 Å². The minimum atomic E-state index is -3.13. The summed E-state index contributed by atoms with van der Waals surface area (Å²) >= 11 is 7.04. The molecule has 3 N–H and O–H groups in total. The molecule has 2 heterocycles. The van der Waals surface area contributed by atoms with Crippen LogP contribution in [-0.4, -0.2) is 63.2 Å². The number of morpholine rings is 1. The van der Waals surface area contributed by atoms with Gasteiger partial charge >= 0.3 is 6.61 Å². The number of hydrogen-bond donors (Lipinski definition) is 3. The SMILES string of the molecule is O=C(NC[C@H](NCC1CCC1)C(=O)Nc1ccc(N2CCOCC2=O)c(OC(F)F)c1)c1ccc(Cl)s1. The maximum Gasteiger partial charge on any atom is 0.387 e. The van der Waals surface area contributed by atoms with Gasteiger partial charge in [-0.05, 0) is 49.6 Å². The number of benzene rings is 1. The van der Waals surface area contributed by atoms with Crippen molar-refractivity contribution in [3.63, 3.8) is 0 Å². The van der Waals surface area contributed by atoms with E-state index >= 15 is 0 Å². The number of hydrogen-bond acceptors (Lipinski definition) is 7. The zero-order chi connectivity index (χ0) is 26.4. The van der Waals surface area contributed by atoms with Gasteiger partial charge in [-0.3, -0.25) is 14.4 Å². The van der Waals surface area contributed by atoms with Gasteiger partial charge in [0.25, 0.3) is 11.8 Å². The van der Waals surface area contributed by atoms with E-state index in [1.54, 1.807) is 12.1 Å². The lowest BCUT2D eigenvalue weighted by Crippen LogP contribution is -2.50. The van der Waals surface area contributed by atoms with E-state index in [0.29, 0.717) is 21.7 Å². The number of ether oxygens (including phenoxy) is 2. The summed E-state index contributed by atoms with van der Waals surface area (Å²) in [5, 5.41) is 8.65. The molecule has 1 atom stereocenters. The van der Waals surface area contributed by atoms with Gasteiger partial charge in [-0.2, -0.15) is 8.78 Å². The average molecular weight is 557 g/mol. The predicted molar refractivity (Wildman–Crippen MR) is 136 cm³/mol. The van der Waals surface area contributed by atoms with E-state index in [1.165, 1.54) is 23.1 Å². The second-order valence-corrected chi connectivity index (χ2v) is 10.4. The van der Waals surface area contributed by atoms with Gasteiger partial charge in [0.15, 0.2) is 5.75 Å². The van der Waals surface area contributed by atoms with Crippen LogP contribution in [0.15, 0.2) is 30.3 Å². The van der Waals surface area contributed by atoms with E-state index in [1.807, 2.05) is 0 Å². The normalized spacial score (nSPS) is 16.9. The van der Waals surface area contributed by atoms with Crippen LogP contribution in [0.25, 0.3) is 0 Å². The number of nitrogens with one attached hydrogen (secondary N) is 3. The number of carbonyl (C=O) groups is 3. The lowest BCUT2D eigenvalue weighted by molar-refractivity contribution is -0.125. The average Bonchev–Trinajstić information content (AvgIpc) is 3.26. The van der Waals surface area contributed by atoms with Gasteiger partial charge in [0, 0.05) is 24.8 Å². The van der Waals surface area contributed by atoms with Crippen molar-refractivity contribution in [3.05, 3.63) is 39.5 Å². The summed E-state index contributed by atoms with van der Waals surface area (Å²) < 4.78 is 36.5. The molecule has 37 heavy (non-hydrogen) atoms. The molecular formula is C24H27ClF2N4O5S. The van der Waals surface area contributed by atoms with Crippen LogP contribution >= 0.6 is 22.9 Å². The Kier molecular flexibility index (Phi) is 9.30. The first-order valence-electron chi connectivity index (χ1n) is 11.8. The Balaban J connectivity index is 1.46. The van der Waals surface area contributed by atoms with E-state index in [2.05, 4.69) is 20.7 Å². The van der Waals surface area contributed by atoms with Crippen LogP contribution in [0.5, 0.6) is 5.75 Å². The van der Waals surface area contributed by atoms with E-state index in [4.69, 9.17) is 16.3 Å². The van der Waals surface area contributed by atoms with Gasteiger partial charge in [0.2, 0.25) is 5.91 Å². The summed E-state index contributed by atoms with van der Waals surface area (Å²) in [7, 11) is 0. The number of rotatable bonds is 11. The Hall–Kier alpha value is -2.80. The minimum absolute atomic E-state index is 0.00760. The van der Waals surface area contributed by atoms with Crippen LogP contribution in [0.2, 0.25) is 4.34 Å². The molecule has 2 aliphatic rings. The molecule has 3 amide bonds. The van der Waals surface area contributed by atoms with E-state index < -0.39 is 18.6 Å². The molecule has 1 saturated carbocycles. The number of amides is 3. The largest absolute Gasteiger partial charge is 0.433 e. The molecule has 4 rings (SSSR count).